The lowest BCUT2D eigenvalue weighted by molar-refractivity contribution is 0.299. The van der Waals surface area contributed by atoms with Crippen LogP contribution in [0, 0.1) is 9.49 Å². The Morgan fingerprint density at radius 2 is 1.75 bits per heavy atom. The molecule has 0 amide bonds. The minimum atomic E-state index is 0.567. The Labute approximate surface area is 137 Å². The molecule has 20 heavy (non-hydrogen) atoms. The number of halogens is 2. The fraction of sp³-hybridized carbons (Fsp3) is 0.250. The van der Waals surface area contributed by atoms with Gasteiger partial charge in [0, 0.05) is 9.64 Å². The zero-order valence-corrected chi connectivity index (χ0v) is 13.7. The van der Waals surface area contributed by atoms with Crippen LogP contribution in [0.1, 0.15) is 12.8 Å². The van der Waals surface area contributed by atoms with Gasteiger partial charge in [-0.3, -0.25) is 0 Å². The molecule has 104 valence electrons. The summed E-state index contributed by atoms with van der Waals surface area (Å²) >= 11 is 8.49. The van der Waals surface area contributed by atoms with Crippen molar-refractivity contribution in [2.45, 2.75) is 12.8 Å². The van der Waals surface area contributed by atoms with Crippen molar-refractivity contribution in [3.63, 3.8) is 0 Å². The average molecular weight is 401 g/mol. The minimum absolute atomic E-state index is 0.567. The lowest BCUT2D eigenvalue weighted by atomic mass is 10.3. The predicted molar refractivity (Wildman–Crippen MR) is 88.9 cm³/mol. The summed E-state index contributed by atoms with van der Waals surface area (Å²) in [6.45, 7) is 0.785. The molecule has 1 saturated carbocycles. The number of rotatable bonds is 5. The van der Waals surface area contributed by atoms with Crippen LogP contribution in [0.25, 0.3) is 0 Å². The van der Waals surface area contributed by atoms with Crippen molar-refractivity contribution >= 4 is 34.2 Å². The Balaban J connectivity index is 1.68. The van der Waals surface area contributed by atoms with Crippen LogP contribution < -0.4 is 9.47 Å². The van der Waals surface area contributed by atoms with Crippen LogP contribution in [-0.4, -0.2) is 6.61 Å². The molecule has 3 rings (SSSR count). The molecule has 1 aliphatic carbocycles. The molecule has 0 aromatic heterocycles. The van der Waals surface area contributed by atoms with Gasteiger partial charge in [0.2, 0.25) is 0 Å². The van der Waals surface area contributed by atoms with Crippen LogP contribution in [0.3, 0.4) is 0 Å². The van der Waals surface area contributed by atoms with Crippen molar-refractivity contribution in [2.75, 3.05) is 6.61 Å². The molecular formula is C16H14ClIO2. The van der Waals surface area contributed by atoms with E-state index in [9.17, 15) is 0 Å². The summed E-state index contributed by atoms with van der Waals surface area (Å²) < 4.78 is 12.6. The van der Waals surface area contributed by atoms with Crippen LogP contribution >= 0.6 is 34.2 Å². The highest BCUT2D eigenvalue weighted by atomic mass is 127. The normalized spacial score (nSPS) is 14.1. The zero-order chi connectivity index (χ0) is 13.9. The van der Waals surface area contributed by atoms with E-state index in [4.69, 9.17) is 21.1 Å². The Bertz CT molecular complexity index is 594. The first kappa shape index (κ1) is 14.0. The van der Waals surface area contributed by atoms with Gasteiger partial charge in [0.05, 0.1) is 11.6 Å². The van der Waals surface area contributed by atoms with E-state index in [2.05, 4.69) is 22.6 Å². The fourth-order valence-corrected chi connectivity index (χ4v) is 2.35. The molecule has 2 aromatic carbocycles. The number of hydrogen-bond donors (Lipinski definition) is 0. The van der Waals surface area contributed by atoms with Crippen LogP contribution in [0.2, 0.25) is 5.02 Å². The fourth-order valence-electron chi connectivity index (χ4n) is 1.78. The number of ether oxygens (including phenoxy) is 2. The van der Waals surface area contributed by atoms with Gasteiger partial charge in [-0.1, -0.05) is 11.6 Å². The monoisotopic (exact) mass is 400 g/mol. The Morgan fingerprint density at radius 3 is 2.40 bits per heavy atom. The molecule has 1 fully saturated rings. The Hall–Kier alpha value is -0.940. The van der Waals surface area contributed by atoms with Crippen LogP contribution in [0.5, 0.6) is 17.2 Å². The van der Waals surface area contributed by atoms with E-state index in [-0.39, 0.29) is 0 Å². The summed E-state index contributed by atoms with van der Waals surface area (Å²) in [5.41, 5.74) is 0. The Kier molecular flexibility index (Phi) is 4.36. The van der Waals surface area contributed by atoms with Crippen molar-refractivity contribution in [1.29, 1.82) is 0 Å². The van der Waals surface area contributed by atoms with Gasteiger partial charge in [-0.25, -0.2) is 0 Å². The van der Waals surface area contributed by atoms with E-state index in [1.165, 1.54) is 16.4 Å². The molecule has 0 N–H and O–H groups in total. The van der Waals surface area contributed by atoms with Crippen molar-refractivity contribution in [3.05, 3.63) is 51.1 Å². The third-order valence-electron chi connectivity index (χ3n) is 3.13. The first-order chi connectivity index (χ1) is 9.70. The SMILES string of the molecule is Clc1cc(OCC2CC2)ccc1Oc1ccc(I)cc1. The third kappa shape index (κ3) is 3.79. The number of benzene rings is 2. The van der Waals surface area contributed by atoms with Gasteiger partial charge < -0.3 is 9.47 Å². The molecular weight excluding hydrogens is 387 g/mol. The maximum atomic E-state index is 6.24. The van der Waals surface area contributed by atoms with Gasteiger partial charge >= 0.3 is 0 Å². The predicted octanol–water partition coefficient (Wildman–Crippen LogP) is 5.53. The van der Waals surface area contributed by atoms with Gasteiger partial charge in [-0.05, 0) is 77.7 Å². The van der Waals surface area contributed by atoms with E-state index < -0.39 is 0 Å². The highest BCUT2D eigenvalue weighted by molar-refractivity contribution is 14.1. The topological polar surface area (TPSA) is 18.5 Å². The first-order valence-corrected chi connectivity index (χ1v) is 8.02. The van der Waals surface area contributed by atoms with E-state index in [0.717, 1.165) is 24.0 Å². The van der Waals surface area contributed by atoms with Crippen molar-refractivity contribution < 1.29 is 9.47 Å². The van der Waals surface area contributed by atoms with Crippen molar-refractivity contribution in [1.82, 2.24) is 0 Å². The molecule has 2 aromatic rings. The molecule has 4 heteroatoms. The second-order valence-corrected chi connectivity index (χ2v) is 6.56. The van der Waals surface area contributed by atoms with Crippen LogP contribution in [-0.2, 0) is 0 Å². The summed E-state index contributed by atoms with van der Waals surface area (Å²) in [6, 6.07) is 13.4. The largest absolute Gasteiger partial charge is 0.493 e. The molecule has 0 spiro atoms. The highest BCUT2D eigenvalue weighted by Gasteiger charge is 2.22. The lowest BCUT2D eigenvalue weighted by Gasteiger charge is -2.10. The second kappa shape index (κ2) is 6.22. The number of hydrogen-bond acceptors (Lipinski definition) is 2. The molecule has 0 radical (unpaired) electrons. The van der Waals surface area contributed by atoms with E-state index >= 15 is 0 Å². The first-order valence-electron chi connectivity index (χ1n) is 6.56. The maximum absolute atomic E-state index is 6.24. The van der Waals surface area contributed by atoms with Crippen molar-refractivity contribution in [2.24, 2.45) is 5.92 Å². The Morgan fingerprint density at radius 1 is 1.05 bits per heavy atom. The molecule has 0 unspecified atom stereocenters. The second-order valence-electron chi connectivity index (χ2n) is 4.90. The van der Waals surface area contributed by atoms with Gasteiger partial charge in [-0.2, -0.15) is 0 Å². The molecule has 0 saturated heterocycles. The average Bonchev–Trinajstić information content (AvgIpc) is 3.26. The molecule has 0 aliphatic heterocycles. The van der Waals surface area contributed by atoms with E-state index in [1.54, 1.807) is 0 Å². The summed E-state index contributed by atoms with van der Waals surface area (Å²) in [5.74, 6) is 2.96. The third-order valence-corrected chi connectivity index (χ3v) is 4.14. The van der Waals surface area contributed by atoms with Gasteiger partial charge in [0.25, 0.3) is 0 Å². The van der Waals surface area contributed by atoms with Crippen LogP contribution in [0.4, 0.5) is 0 Å². The standard InChI is InChI=1S/C16H14ClIO2/c17-15-9-14(19-10-11-1-2-11)7-8-16(15)20-13-5-3-12(18)4-6-13/h3-9,11H,1-2,10H2. The lowest BCUT2D eigenvalue weighted by Crippen LogP contribution is -1.98. The molecule has 2 nitrogen and oxygen atoms in total. The quantitative estimate of drug-likeness (QED) is 0.615. The zero-order valence-electron chi connectivity index (χ0n) is 10.8. The van der Waals surface area contributed by atoms with Crippen molar-refractivity contribution in [3.8, 4) is 17.2 Å². The molecule has 1 aliphatic rings. The van der Waals surface area contributed by atoms with Gasteiger partial charge in [0.15, 0.2) is 0 Å². The van der Waals surface area contributed by atoms with E-state index in [1.807, 2.05) is 42.5 Å². The van der Waals surface area contributed by atoms with Gasteiger partial charge in [-0.15, -0.1) is 0 Å². The van der Waals surface area contributed by atoms with Crippen LogP contribution in [0.15, 0.2) is 42.5 Å². The summed E-state index contributed by atoms with van der Waals surface area (Å²) in [4.78, 5) is 0. The highest BCUT2D eigenvalue weighted by Crippen LogP contribution is 2.34. The smallest absolute Gasteiger partial charge is 0.146 e. The van der Waals surface area contributed by atoms with E-state index in [0.29, 0.717) is 10.8 Å². The molecule has 0 heterocycles. The van der Waals surface area contributed by atoms with Gasteiger partial charge in [0.1, 0.15) is 17.2 Å². The molecule has 0 atom stereocenters. The summed E-state index contributed by atoms with van der Waals surface area (Å²) in [6.07, 6.45) is 2.56. The minimum Gasteiger partial charge on any atom is -0.493 e. The maximum Gasteiger partial charge on any atom is 0.146 e. The summed E-state index contributed by atoms with van der Waals surface area (Å²) in [5, 5.41) is 0.567. The summed E-state index contributed by atoms with van der Waals surface area (Å²) in [7, 11) is 0. The molecule has 0 bridgehead atoms.